The fraction of sp³-hybridized carbons (Fsp3) is 0.350. The lowest BCUT2D eigenvalue weighted by atomic mass is 9.92. The number of nitrogens with zero attached hydrogens (tertiary/aromatic N) is 7. The van der Waals surface area contributed by atoms with Crippen LogP contribution in [0.3, 0.4) is 0 Å². The van der Waals surface area contributed by atoms with E-state index in [1.807, 2.05) is 4.57 Å². The summed E-state index contributed by atoms with van der Waals surface area (Å²) in [5.41, 5.74) is 0.319. The van der Waals surface area contributed by atoms with Gasteiger partial charge in [-0.05, 0) is 30.5 Å². The zero-order valence-electron chi connectivity index (χ0n) is 18.0. The molecule has 13 heteroatoms. The van der Waals surface area contributed by atoms with Crippen LogP contribution >= 0.6 is 0 Å². The predicted molar refractivity (Wildman–Crippen MR) is 112 cm³/mol. The van der Waals surface area contributed by atoms with Crippen LogP contribution < -0.4 is 10.3 Å². The molecule has 33 heavy (non-hydrogen) atoms. The molecule has 0 radical (unpaired) electrons. The van der Waals surface area contributed by atoms with Gasteiger partial charge in [0.2, 0.25) is 11.6 Å². The molecule has 0 spiro atoms. The van der Waals surface area contributed by atoms with E-state index in [-0.39, 0.29) is 34.7 Å². The van der Waals surface area contributed by atoms with E-state index in [1.54, 1.807) is 6.07 Å². The first-order chi connectivity index (χ1) is 15.9. The van der Waals surface area contributed by atoms with Gasteiger partial charge in [-0.3, -0.25) is 9.36 Å². The van der Waals surface area contributed by atoms with Gasteiger partial charge in [0.05, 0.1) is 30.8 Å². The van der Waals surface area contributed by atoms with Gasteiger partial charge < -0.3 is 14.0 Å². The molecule has 1 aliphatic rings. The lowest BCUT2D eigenvalue weighted by Gasteiger charge is -2.29. The van der Waals surface area contributed by atoms with E-state index in [1.165, 1.54) is 31.9 Å². The highest BCUT2D eigenvalue weighted by molar-refractivity contribution is 5.91. The monoisotopic (exact) mass is 454 g/mol. The third kappa shape index (κ3) is 3.15. The van der Waals surface area contributed by atoms with Crippen LogP contribution in [0.15, 0.2) is 16.9 Å². The van der Waals surface area contributed by atoms with Crippen molar-refractivity contribution in [2.75, 3.05) is 14.2 Å². The van der Waals surface area contributed by atoms with Gasteiger partial charge in [0.1, 0.15) is 5.82 Å². The normalized spacial score (nSPS) is 13.8. The van der Waals surface area contributed by atoms with Gasteiger partial charge >= 0.3 is 5.97 Å². The van der Waals surface area contributed by atoms with Crippen molar-refractivity contribution in [3.63, 3.8) is 0 Å². The molecule has 170 valence electrons. The Labute approximate surface area is 185 Å². The Bertz CT molecular complexity index is 1440. The molecule has 0 amide bonds. The van der Waals surface area contributed by atoms with Gasteiger partial charge in [0, 0.05) is 19.2 Å². The molecule has 3 aromatic heterocycles. The summed E-state index contributed by atoms with van der Waals surface area (Å²) in [7, 11) is 3.97. The van der Waals surface area contributed by atoms with E-state index in [9.17, 15) is 14.0 Å². The lowest BCUT2D eigenvalue weighted by Crippen LogP contribution is -2.27. The molecule has 1 aliphatic carbocycles. The fourth-order valence-corrected chi connectivity index (χ4v) is 3.94. The molecule has 1 fully saturated rings. The minimum Gasteiger partial charge on any atom is -0.489 e. The summed E-state index contributed by atoms with van der Waals surface area (Å²) in [5.74, 6) is -1.05. The molecule has 4 aromatic rings. The number of nitrogens with one attached hydrogen (secondary N) is 1. The smallest absolute Gasteiger partial charge is 0.360 e. The molecule has 0 atom stereocenters. The number of tetrazole rings is 1. The lowest BCUT2D eigenvalue weighted by molar-refractivity contribution is 0.0589. The van der Waals surface area contributed by atoms with Gasteiger partial charge in [-0.15, -0.1) is 10.2 Å². The van der Waals surface area contributed by atoms with Crippen molar-refractivity contribution in [3.8, 4) is 28.8 Å². The predicted octanol–water partition coefficient (Wildman–Crippen LogP) is 1.64. The number of aromatic nitrogens is 8. The van der Waals surface area contributed by atoms with Crippen molar-refractivity contribution < 1.29 is 18.7 Å². The molecule has 5 rings (SSSR count). The van der Waals surface area contributed by atoms with Crippen LogP contribution in [0.25, 0.3) is 34.1 Å². The van der Waals surface area contributed by atoms with Crippen LogP contribution in [0.2, 0.25) is 0 Å². The van der Waals surface area contributed by atoms with Crippen molar-refractivity contribution in [1.29, 1.82) is 0 Å². The largest absolute Gasteiger partial charge is 0.489 e. The first-order valence-electron chi connectivity index (χ1n) is 10.1. The molecule has 1 N–H and O–H groups in total. The molecule has 3 heterocycles. The zero-order valence-corrected chi connectivity index (χ0v) is 18.0. The van der Waals surface area contributed by atoms with Gasteiger partial charge in [-0.25, -0.2) is 19.2 Å². The third-order valence-corrected chi connectivity index (χ3v) is 5.84. The maximum absolute atomic E-state index is 14.9. The topological polar surface area (TPSA) is 143 Å². The average Bonchev–Trinajstić information content (AvgIpc) is 3.42. The number of halogens is 1. The molecule has 0 saturated heterocycles. The Morgan fingerprint density at radius 2 is 2.00 bits per heavy atom. The van der Waals surface area contributed by atoms with Crippen molar-refractivity contribution >= 4 is 17.0 Å². The summed E-state index contributed by atoms with van der Waals surface area (Å²) >= 11 is 0. The molecule has 1 saturated carbocycles. The highest BCUT2D eigenvalue weighted by Crippen LogP contribution is 2.39. The summed E-state index contributed by atoms with van der Waals surface area (Å²) in [5, 5.41) is 13.6. The number of methoxy groups -OCH3 is 2. The second kappa shape index (κ2) is 7.76. The molecular weight excluding hydrogens is 435 g/mol. The van der Waals surface area contributed by atoms with Crippen LogP contribution in [-0.2, 0) is 11.8 Å². The first-order valence-corrected chi connectivity index (χ1v) is 10.1. The molecule has 0 bridgehead atoms. The van der Waals surface area contributed by atoms with Gasteiger partial charge in [0.25, 0.3) is 5.56 Å². The van der Waals surface area contributed by atoms with Gasteiger partial charge in [-0.2, -0.15) is 5.21 Å². The SMILES string of the molecule is COC(=O)c1nc(-c2nc3cc(F)c(-c4nn[nH]n4)cc3n2C2CCC2)n(C)c(=O)c1OC. The average molecular weight is 454 g/mol. The quantitative estimate of drug-likeness (QED) is 0.445. The number of hydrogen-bond donors (Lipinski definition) is 1. The van der Waals surface area contributed by atoms with Crippen molar-refractivity contribution in [2.24, 2.45) is 7.05 Å². The van der Waals surface area contributed by atoms with Gasteiger partial charge in [0.15, 0.2) is 17.3 Å². The van der Waals surface area contributed by atoms with Crippen molar-refractivity contribution in [2.45, 2.75) is 25.3 Å². The molecular formula is C20H19FN8O4. The summed E-state index contributed by atoms with van der Waals surface area (Å²) < 4.78 is 27.9. The van der Waals surface area contributed by atoms with Crippen molar-refractivity contribution in [3.05, 3.63) is 34.0 Å². The molecule has 0 unspecified atom stereocenters. The number of benzene rings is 1. The molecule has 0 aliphatic heterocycles. The fourth-order valence-electron chi connectivity index (χ4n) is 3.94. The number of H-pyrrole nitrogens is 1. The number of fused-ring (bicyclic) bond motifs is 1. The Hall–Kier alpha value is -4.16. The second-order valence-corrected chi connectivity index (χ2v) is 7.62. The minimum atomic E-state index is -0.817. The first kappa shape index (κ1) is 20.7. The standard InChI is InChI=1S/C20H19FN8O4/c1-28-17(23-14(20(31)33-3)15(32-2)19(28)30)18-22-12-8-11(21)10(16-24-26-27-25-16)7-13(12)29(18)9-5-4-6-9/h7-9H,4-6H2,1-3H3,(H,24,25,26,27). The summed E-state index contributed by atoms with van der Waals surface area (Å²) in [6.07, 6.45) is 2.77. The molecule has 1 aromatic carbocycles. The number of hydrogen-bond acceptors (Lipinski definition) is 9. The second-order valence-electron chi connectivity index (χ2n) is 7.62. The number of carbonyl (C=O) groups is 1. The van der Waals surface area contributed by atoms with Crippen LogP contribution in [0.1, 0.15) is 35.8 Å². The number of esters is 1. The van der Waals surface area contributed by atoms with E-state index in [4.69, 9.17) is 9.47 Å². The number of aromatic amines is 1. The van der Waals surface area contributed by atoms with E-state index in [0.29, 0.717) is 16.9 Å². The van der Waals surface area contributed by atoms with Gasteiger partial charge in [-0.1, -0.05) is 0 Å². The molecule has 12 nitrogen and oxygen atoms in total. The van der Waals surface area contributed by atoms with Crippen LogP contribution in [0.5, 0.6) is 5.75 Å². The number of ether oxygens (including phenoxy) is 2. The Kier molecular flexibility index (Phi) is 4.87. The Morgan fingerprint density at radius 1 is 1.21 bits per heavy atom. The Balaban J connectivity index is 1.81. The van der Waals surface area contributed by atoms with E-state index < -0.39 is 17.3 Å². The minimum absolute atomic E-state index is 0.0640. The van der Waals surface area contributed by atoms with Crippen LogP contribution in [0, 0.1) is 5.82 Å². The highest BCUT2D eigenvalue weighted by Gasteiger charge is 2.30. The van der Waals surface area contributed by atoms with E-state index in [0.717, 1.165) is 19.3 Å². The maximum Gasteiger partial charge on any atom is 0.360 e. The van der Waals surface area contributed by atoms with Crippen molar-refractivity contribution in [1.82, 2.24) is 39.7 Å². The van der Waals surface area contributed by atoms with E-state index in [2.05, 4.69) is 30.6 Å². The third-order valence-electron chi connectivity index (χ3n) is 5.84. The summed E-state index contributed by atoms with van der Waals surface area (Å²) in [4.78, 5) is 34.2. The maximum atomic E-state index is 14.9. The summed E-state index contributed by atoms with van der Waals surface area (Å²) in [6, 6.07) is 2.95. The number of rotatable bonds is 5. The van der Waals surface area contributed by atoms with Crippen LogP contribution in [0.4, 0.5) is 4.39 Å². The Morgan fingerprint density at radius 3 is 2.61 bits per heavy atom. The van der Waals surface area contributed by atoms with Crippen LogP contribution in [-0.4, -0.2) is 59.9 Å². The summed E-state index contributed by atoms with van der Waals surface area (Å²) in [6.45, 7) is 0. The zero-order chi connectivity index (χ0) is 23.3. The number of carbonyl (C=O) groups excluding carboxylic acids is 1. The highest BCUT2D eigenvalue weighted by atomic mass is 19.1. The van der Waals surface area contributed by atoms with E-state index >= 15 is 0 Å². The number of imidazole rings is 1.